The molecule has 2 heterocycles. The van der Waals surface area contributed by atoms with Gasteiger partial charge in [-0.25, -0.2) is 4.85 Å². The number of fused-ring (bicyclic) bond motifs is 1. The van der Waals surface area contributed by atoms with Crippen LogP contribution in [-0.2, 0) is 11.2 Å². The molecular weight excluding hydrogens is 609 g/mol. The fraction of sp³-hybridized carbons (Fsp3) is 0.158. The van der Waals surface area contributed by atoms with Crippen molar-refractivity contribution >= 4 is 63.2 Å². The molecule has 228 valence electrons. The lowest BCUT2D eigenvalue weighted by atomic mass is 9.98. The number of benzene rings is 4. The van der Waals surface area contributed by atoms with Gasteiger partial charge in [-0.2, -0.15) is 8.75 Å². The van der Waals surface area contributed by atoms with E-state index in [2.05, 4.69) is 77.3 Å². The molecule has 6 rings (SSSR count). The lowest BCUT2D eigenvalue weighted by molar-refractivity contribution is -0.132. The zero-order valence-corrected chi connectivity index (χ0v) is 27.0. The lowest BCUT2D eigenvalue weighted by Gasteiger charge is -2.25. The minimum absolute atomic E-state index is 0.289. The summed E-state index contributed by atoms with van der Waals surface area (Å²) in [6, 6.07) is 35.5. The van der Waals surface area contributed by atoms with Crippen molar-refractivity contribution < 1.29 is 9.90 Å². The van der Waals surface area contributed by atoms with E-state index in [1.165, 1.54) is 35.6 Å². The number of carboxylic acid groups (broad SMARTS) is 1. The maximum Gasteiger partial charge on any atom is 0.333 e. The maximum atomic E-state index is 11.6. The molecule has 1 N–H and O–H groups in total. The first-order valence-corrected chi connectivity index (χ1v) is 16.8. The Kier molecular flexibility index (Phi) is 9.63. The summed E-state index contributed by atoms with van der Waals surface area (Å²) >= 11 is 2.70. The van der Waals surface area contributed by atoms with E-state index in [0.29, 0.717) is 0 Å². The Morgan fingerprint density at radius 3 is 2.04 bits per heavy atom. The van der Waals surface area contributed by atoms with Gasteiger partial charge in [0.1, 0.15) is 11.0 Å². The van der Waals surface area contributed by atoms with Crippen molar-refractivity contribution in [3.63, 3.8) is 0 Å². The van der Waals surface area contributed by atoms with Gasteiger partial charge < -0.3 is 10.0 Å². The molecule has 8 heteroatoms. The van der Waals surface area contributed by atoms with Gasteiger partial charge in [-0.3, -0.25) is 4.79 Å². The fourth-order valence-electron chi connectivity index (χ4n) is 5.63. The molecule has 0 saturated carbocycles. The topological polar surface area (TPSA) is 70.7 Å². The van der Waals surface area contributed by atoms with E-state index in [9.17, 15) is 9.90 Å². The smallest absolute Gasteiger partial charge is 0.333 e. The van der Waals surface area contributed by atoms with Crippen LogP contribution in [0, 0.1) is 6.57 Å². The maximum absolute atomic E-state index is 11.6. The largest absolute Gasteiger partial charge is 0.486 e. The van der Waals surface area contributed by atoms with Gasteiger partial charge in [0.25, 0.3) is 5.70 Å². The summed E-state index contributed by atoms with van der Waals surface area (Å²) in [6.07, 6.45) is 6.85. The summed E-state index contributed by atoms with van der Waals surface area (Å²) in [5, 5.41) is 9.45. The predicted molar refractivity (Wildman–Crippen MR) is 191 cm³/mol. The van der Waals surface area contributed by atoms with Gasteiger partial charge >= 0.3 is 5.97 Å². The van der Waals surface area contributed by atoms with Crippen LogP contribution in [0.25, 0.3) is 43.5 Å². The number of hydrogen-bond donors (Lipinski definition) is 1. The molecule has 4 aromatic carbocycles. The molecule has 0 spiro atoms. The van der Waals surface area contributed by atoms with Gasteiger partial charge in [0.2, 0.25) is 0 Å². The van der Waals surface area contributed by atoms with Crippen molar-refractivity contribution in [3.8, 4) is 21.6 Å². The Labute approximate surface area is 277 Å². The van der Waals surface area contributed by atoms with Crippen molar-refractivity contribution in [2.75, 3.05) is 4.90 Å². The molecule has 0 bridgehead atoms. The number of carboxylic acids is 1. The molecule has 0 saturated heterocycles. The van der Waals surface area contributed by atoms with Gasteiger partial charge in [0.05, 0.1) is 18.3 Å². The van der Waals surface area contributed by atoms with E-state index in [0.717, 1.165) is 85.8 Å². The predicted octanol–water partition coefficient (Wildman–Crippen LogP) is 11.0. The van der Waals surface area contributed by atoms with Crippen LogP contribution in [0.15, 0.2) is 109 Å². The number of nitrogens with zero attached hydrogens (tertiary/aromatic N) is 4. The third-order valence-corrected chi connectivity index (χ3v) is 9.56. The number of aryl methyl sites for hydroxylation is 1. The van der Waals surface area contributed by atoms with E-state index >= 15 is 0 Å². The van der Waals surface area contributed by atoms with Crippen molar-refractivity contribution in [1.82, 2.24) is 8.75 Å². The van der Waals surface area contributed by atoms with Crippen molar-refractivity contribution in [3.05, 3.63) is 131 Å². The van der Waals surface area contributed by atoms with Crippen LogP contribution >= 0.6 is 23.1 Å². The summed E-state index contributed by atoms with van der Waals surface area (Å²) < 4.78 is 9.48. The summed E-state index contributed by atoms with van der Waals surface area (Å²) in [6.45, 7) is 9.49. The van der Waals surface area contributed by atoms with E-state index in [1.54, 1.807) is 0 Å². The average molecular weight is 641 g/mol. The molecule has 46 heavy (non-hydrogen) atoms. The monoisotopic (exact) mass is 640 g/mol. The van der Waals surface area contributed by atoms with E-state index in [4.69, 9.17) is 15.3 Å². The van der Waals surface area contributed by atoms with Gasteiger partial charge in [-0.05, 0) is 72.5 Å². The first kappa shape index (κ1) is 30.9. The Hall–Kier alpha value is -5.10. The minimum Gasteiger partial charge on any atom is -0.486 e. The second-order valence-electron chi connectivity index (χ2n) is 10.9. The van der Waals surface area contributed by atoms with Crippen LogP contribution in [0.2, 0.25) is 0 Å². The molecule has 0 atom stereocenters. The Morgan fingerprint density at radius 2 is 1.43 bits per heavy atom. The number of thiophene rings is 1. The number of carbonyl (C=O) groups is 1. The van der Waals surface area contributed by atoms with Gasteiger partial charge in [-0.1, -0.05) is 86.8 Å². The molecule has 0 unspecified atom stereocenters. The highest BCUT2D eigenvalue weighted by Crippen LogP contribution is 2.42. The SMILES string of the molecule is [C-]#[N+]/C(=C\c1cc(CCCCCC)c(-c2ccc(-c3ccc(N(c4ccccc4)c4ccccc4)cc3)c3nsnc23)s1)C(=O)O. The summed E-state index contributed by atoms with van der Waals surface area (Å²) in [5.74, 6) is -1.22. The van der Waals surface area contributed by atoms with Crippen molar-refractivity contribution in [2.24, 2.45) is 0 Å². The molecule has 0 aliphatic heterocycles. The van der Waals surface area contributed by atoms with E-state index in [1.807, 2.05) is 42.5 Å². The van der Waals surface area contributed by atoms with Crippen LogP contribution in [0.1, 0.15) is 43.0 Å². The van der Waals surface area contributed by atoms with Crippen molar-refractivity contribution in [2.45, 2.75) is 39.0 Å². The third-order valence-electron chi connectivity index (χ3n) is 7.87. The molecule has 6 nitrogen and oxygen atoms in total. The van der Waals surface area contributed by atoms with Crippen LogP contribution in [0.4, 0.5) is 17.1 Å². The third kappa shape index (κ3) is 6.62. The molecule has 0 aliphatic carbocycles. The van der Waals surface area contributed by atoms with E-state index < -0.39 is 5.97 Å². The van der Waals surface area contributed by atoms with Crippen LogP contribution < -0.4 is 4.90 Å². The summed E-state index contributed by atoms with van der Waals surface area (Å²) in [4.78, 5) is 18.8. The number of anilines is 3. The van der Waals surface area contributed by atoms with Crippen LogP contribution in [0.3, 0.4) is 0 Å². The summed E-state index contributed by atoms with van der Waals surface area (Å²) in [5.41, 5.74) is 8.79. The first-order valence-electron chi connectivity index (χ1n) is 15.3. The number of aliphatic carboxylic acids is 1. The van der Waals surface area contributed by atoms with Gasteiger partial charge in [0, 0.05) is 37.9 Å². The number of unbranched alkanes of at least 4 members (excludes halogenated alkanes) is 3. The first-order chi connectivity index (χ1) is 22.6. The molecule has 0 amide bonds. The molecular formula is C38H32N4O2S2. The number of hydrogen-bond acceptors (Lipinski definition) is 6. The Morgan fingerprint density at radius 1 is 0.826 bits per heavy atom. The number of aromatic nitrogens is 2. The normalized spacial score (nSPS) is 11.4. The minimum atomic E-state index is -1.22. The quantitative estimate of drug-likeness (QED) is 0.0819. The standard InChI is InChI=1S/C38H32N4O2S2/c1-3-4-5-8-13-27-24-31(25-34(39-2)38(43)44)45-37(27)33-23-22-32(35-36(33)41-46-40-35)26-18-20-30(21-19-26)42(28-14-9-6-10-15-28)29-16-11-7-12-17-29/h6-7,9-12,14-25H,3-5,8,13H2,1H3,(H,43,44)/b34-25-. The fourth-order valence-corrected chi connectivity index (χ4v) is 7.38. The summed E-state index contributed by atoms with van der Waals surface area (Å²) in [7, 11) is 0. The molecule has 2 aromatic heterocycles. The highest BCUT2D eigenvalue weighted by atomic mass is 32.1. The molecule has 0 fully saturated rings. The van der Waals surface area contributed by atoms with Crippen molar-refractivity contribution in [1.29, 1.82) is 0 Å². The Balaban J connectivity index is 1.38. The van der Waals surface area contributed by atoms with E-state index in [-0.39, 0.29) is 5.70 Å². The van der Waals surface area contributed by atoms with Gasteiger partial charge in [0.15, 0.2) is 0 Å². The molecule has 6 aromatic rings. The second kappa shape index (κ2) is 14.3. The van der Waals surface area contributed by atoms with Gasteiger partial charge in [-0.15, -0.1) is 11.3 Å². The highest BCUT2D eigenvalue weighted by Gasteiger charge is 2.19. The number of rotatable bonds is 12. The zero-order valence-electron chi connectivity index (χ0n) is 25.4. The van der Waals surface area contributed by atoms with Crippen LogP contribution in [0.5, 0.6) is 0 Å². The molecule has 0 aliphatic rings. The molecule has 0 radical (unpaired) electrons. The average Bonchev–Trinajstić information content (AvgIpc) is 3.74. The highest BCUT2D eigenvalue weighted by molar-refractivity contribution is 7.16. The Bertz CT molecular complexity index is 1990. The second-order valence-corrected chi connectivity index (χ2v) is 12.5. The van der Waals surface area contributed by atoms with Crippen LogP contribution in [-0.4, -0.2) is 19.8 Å². The zero-order chi connectivity index (χ0) is 31.9. The number of para-hydroxylation sites is 2. The lowest BCUT2D eigenvalue weighted by Crippen LogP contribution is -2.09.